The minimum Gasteiger partial charge on any atom is -0.327 e. The van der Waals surface area contributed by atoms with Gasteiger partial charge in [-0.25, -0.2) is 4.98 Å². The van der Waals surface area contributed by atoms with Crippen molar-refractivity contribution in [3.05, 3.63) is 40.3 Å². The molecule has 1 aromatic heterocycles. The van der Waals surface area contributed by atoms with Gasteiger partial charge in [0.15, 0.2) is 5.69 Å². The van der Waals surface area contributed by atoms with Crippen LogP contribution in [0.1, 0.15) is 17.4 Å². The van der Waals surface area contributed by atoms with E-state index >= 15 is 0 Å². The second-order valence-electron chi connectivity index (χ2n) is 4.32. The Labute approximate surface area is 115 Å². The Balaban J connectivity index is 2.66. The molecule has 0 atom stereocenters. The van der Waals surface area contributed by atoms with Gasteiger partial charge >= 0.3 is 0 Å². The van der Waals surface area contributed by atoms with Crippen molar-refractivity contribution < 1.29 is 4.79 Å². The maximum atomic E-state index is 12.3. The molecule has 2 rings (SSSR count). The van der Waals surface area contributed by atoms with E-state index in [0.717, 1.165) is 0 Å². The number of hydrogen-bond donors (Lipinski definition) is 0. The standard InChI is InChI=1S/C14H14N4O2/c1-3-18-11-7-5-4-6-10(11)16-12(14(18)20)13(19)17(2)9-8-15/h4-7H,3,9H2,1-2H3. The van der Waals surface area contributed by atoms with Crippen LogP contribution in [0.2, 0.25) is 0 Å². The van der Waals surface area contributed by atoms with Crippen molar-refractivity contribution >= 4 is 16.9 Å². The predicted octanol–water partition coefficient (Wildman–Crippen LogP) is 1.01. The molecule has 102 valence electrons. The predicted molar refractivity (Wildman–Crippen MR) is 74.3 cm³/mol. The van der Waals surface area contributed by atoms with E-state index in [-0.39, 0.29) is 12.2 Å². The molecule has 2 aromatic rings. The minimum atomic E-state index is -0.537. The van der Waals surface area contributed by atoms with Gasteiger partial charge in [0.25, 0.3) is 11.5 Å². The summed E-state index contributed by atoms with van der Waals surface area (Å²) >= 11 is 0. The van der Waals surface area contributed by atoms with Crippen LogP contribution in [0, 0.1) is 11.3 Å². The van der Waals surface area contributed by atoms with Gasteiger partial charge in [0, 0.05) is 13.6 Å². The molecule has 0 aliphatic carbocycles. The Hall–Kier alpha value is -2.68. The zero-order valence-corrected chi connectivity index (χ0v) is 11.3. The monoisotopic (exact) mass is 270 g/mol. The lowest BCUT2D eigenvalue weighted by Crippen LogP contribution is -2.36. The summed E-state index contributed by atoms with van der Waals surface area (Å²) in [5, 5.41) is 8.63. The first-order chi connectivity index (χ1) is 9.60. The Kier molecular flexibility index (Phi) is 3.80. The SMILES string of the molecule is CCn1c(=O)c(C(=O)N(C)CC#N)nc2ccccc21. The number of carbonyl (C=O) groups is 1. The average molecular weight is 270 g/mol. The van der Waals surface area contributed by atoms with Crippen LogP contribution in [0.25, 0.3) is 11.0 Å². The first-order valence-corrected chi connectivity index (χ1v) is 6.22. The smallest absolute Gasteiger partial charge is 0.282 e. The molecule has 20 heavy (non-hydrogen) atoms. The number of rotatable bonds is 3. The van der Waals surface area contributed by atoms with Crippen molar-refractivity contribution in [2.24, 2.45) is 0 Å². The molecule has 1 amide bonds. The number of aryl methyl sites for hydroxylation is 1. The largest absolute Gasteiger partial charge is 0.327 e. The Morgan fingerprint density at radius 1 is 1.45 bits per heavy atom. The topological polar surface area (TPSA) is 79.0 Å². The molecule has 6 heteroatoms. The van der Waals surface area contributed by atoms with Crippen molar-refractivity contribution in [3.8, 4) is 6.07 Å². The first-order valence-electron chi connectivity index (χ1n) is 6.22. The number of hydrogen-bond acceptors (Lipinski definition) is 4. The van der Waals surface area contributed by atoms with Crippen LogP contribution in [0.5, 0.6) is 0 Å². The second kappa shape index (κ2) is 5.53. The van der Waals surface area contributed by atoms with E-state index in [9.17, 15) is 9.59 Å². The van der Waals surface area contributed by atoms with E-state index in [4.69, 9.17) is 5.26 Å². The number of fused-ring (bicyclic) bond motifs is 1. The lowest BCUT2D eigenvalue weighted by Gasteiger charge is -2.14. The van der Waals surface area contributed by atoms with Crippen LogP contribution >= 0.6 is 0 Å². The number of nitriles is 1. The molecule has 0 radical (unpaired) electrons. The van der Waals surface area contributed by atoms with Crippen LogP contribution in [-0.2, 0) is 6.54 Å². The fraction of sp³-hybridized carbons (Fsp3) is 0.286. The highest BCUT2D eigenvalue weighted by Gasteiger charge is 2.20. The number of nitrogens with zero attached hydrogens (tertiary/aromatic N) is 4. The summed E-state index contributed by atoms with van der Waals surface area (Å²) in [6, 6.07) is 9.03. The molecule has 1 heterocycles. The molecule has 0 bridgehead atoms. The van der Waals surface area contributed by atoms with Crippen LogP contribution in [0.4, 0.5) is 0 Å². The molecule has 0 saturated carbocycles. The summed E-state index contributed by atoms with van der Waals surface area (Å²) < 4.78 is 1.51. The van der Waals surface area contributed by atoms with Gasteiger partial charge in [0.2, 0.25) is 0 Å². The lowest BCUT2D eigenvalue weighted by molar-refractivity contribution is 0.0804. The maximum Gasteiger partial charge on any atom is 0.282 e. The molecule has 0 saturated heterocycles. The average Bonchev–Trinajstić information content (AvgIpc) is 2.46. The van der Waals surface area contributed by atoms with E-state index in [2.05, 4.69) is 4.98 Å². The Morgan fingerprint density at radius 2 is 2.15 bits per heavy atom. The van der Waals surface area contributed by atoms with Gasteiger partial charge in [0.05, 0.1) is 17.1 Å². The third-order valence-electron chi connectivity index (χ3n) is 3.03. The van der Waals surface area contributed by atoms with Crippen molar-refractivity contribution in [3.63, 3.8) is 0 Å². The highest BCUT2D eigenvalue weighted by atomic mass is 16.2. The number of benzene rings is 1. The summed E-state index contributed by atoms with van der Waals surface area (Å²) in [7, 11) is 1.47. The minimum absolute atomic E-state index is 0.0844. The van der Waals surface area contributed by atoms with Gasteiger partial charge in [-0.1, -0.05) is 12.1 Å². The third kappa shape index (κ3) is 2.26. The van der Waals surface area contributed by atoms with E-state index in [1.165, 1.54) is 16.5 Å². The van der Waals surface area contributed by atoms with E-state index in [0.29, 0.717) is 17.6 Å². The molecule has 6 nitrogen and oxygen atoms in total. The second-order valence-corrected chi connectivity index (χ2v) is 4.32. The Bertz CT molecular complexity index is 758. The summed E-state index contributed by atoms with van der Waals surface area (Å²) in [6.07, 6.45) is 0. The lowest BCUT2D eigenvalue weighted by atomic mass is 10.2. The van der Waals surface area contributed by atoms with Gasteiger partial charge in [-0.15, -0.1) is 0 Å². The number of carbonyl (C=O) groups excluding carboxylic acids is 1. The number of aromatic nitrogens is 2. The first kappa shape index (κ1) is 13.7. The molecular weight excluding hydrogens is 256 g/mol. The van der Waals surface area contributed by atoms with Crippen molar-refractivity contribution in [1.29, 1.82) is 5.26 Å². The Morgan fingerprint density at radius 3 is 2.80 bits per heavy atom. The number of para-hydroxylation sites is 2. The highest BCUT2D eigenvalue weighted by molar-refractivity contribution is 5.93. The van der Waals surface area contributed by atoms with Gasteiger partial charge in [-0.3, -0.25) is 9.59 Å². The molecule has 0 unspecified atom stereocenters. The van der Waals surface area contributed by atoms with Gasteiger partial charge in [-0.05, 0) is 19.1 Å². The third-order valence-corrected chi connectivity index (χ3v) is 3.03. The van der Waals surface area contributed by atoms with Gasteiger partial charge in [-0.2, -0.15) is 5.26 Å². The maximum absolute atomic E-state index is 12.3. The van der Waals surface area contributed by atoms with Crippen LogP contribution < -0.4 is 5.56 Å². The quantitative estimate of drug-likeness (QED) is 0.780. The summed E-state index contributed by atoms with van der Waals surface area (Å²) in [5.74, 6) is -0.537. The molecule has 1 aromatic carbocycles. The summed E-state index contributed by atoms with van der Waals surface area (Å²) in [4.78, 5) is 29.8. The fourth-order valence-corrected chi connectivity index (χ4v) is 2.00. The van der Waals surface area contributed by atoms with E-state index < -0.39 is 11.5 Å². The molecule has 0 spiro atoms. The zero-order valence-electron chi connectivity index (χ0n) is 11.3. The molecule has 0 fully saturated rings. The molecular formula is C14H14N4O2. The van der Waals surface area contributed by atoms with Crippen LogP contribution in [0.3, 0.4) is 0 Å². The van der Waals surface area contributed by atoms with Crippen LogP contribution in [-0.4, -0.2) is 34.0 Å². The van der Waals surface area contributed by atoms with Crippen molar-refractivity contribution in [2.45, 2.75) is 13.5 Å². The van der Waals surface area contributed by atoms with Gasteiger partial charge in [0.1, 0.15) is 6.54 Å². The summed E-state index contributed by atoms with van der Waals surface area (Å²) in [6.45, 7) is 2.20. The van der Waals surface area contributed by atoms with Crippen molar-refractivity contribution in [2.75, 3.05) is 13.6 Å². The number of amides is 1. The zero-order chi connectivity index (χ0) is 14.7. The highest BCUT2D eigenvalue weighted by Crippen LogP contribution is 2.10. The fourth-order valence-electron chi connectivity index (χ4n) is 2.00. The molecule has 0 aliphatic heterocycles. The van der Waals surface area contributed by atoms with Crippen molar-refractivity contribution in [1.82, 2.24) is 14.5 Å². The van der Waals surface area contributed by atoms with E-state index in [1.807, 2.05) is 19.1 Å². The van der Waals surface area contributed by atoms with Crippen LogP contribution in [0.15, 0.2) is 29.1 Å². The molecule has 0 N–H and O–H groups in total. The van der Waals surface area contributed by atoms with Gasteiger partial charge < -0.3 is 9.47 Å². The van der Waals surface area contributed by atoms with E-state index in [1.54, 1.807) is 18.2 Å². The normalized spacial score (nSPS) is 10.2. The summed E-state index contributed by atoms with van der Waals surface area (Å²) in [5.41, 5.74) is 0.700. The molecule has 0 aliphatic rings.